The number of carbonyl (C=O) groups excluding carboxylic acids is 2. The van der Waals surface area contributed by atoms with E-state index in [-0.39, 0.29) is 0 Å². The lowest BCUT2D eigenvalue weighted by Gasteiger charge is -2.00. The summed E-state index contributed by atoms with van der Waals surface area (Å²) in [5.41, 5.74) is 2.43. The Bertz CT molecular complexity index is 447. The number of fused-ring (bicyclic) bond motifs is 1. The van der Waals surface area contributed by atoms with Crippen LogP contribution in [0.5, 0.6) is 0 Å². The molecule has 0 saturated heterocycles. The second-order valence-electron chi connectivity index (χ2n) is 3.86. The molecule has 3 rings (SSSR count). The number of carbonyl (C=O) groups is 2. The van der Waals surface area contributed by atoms with E-state index in [1.165, 1.54) is 18.4 Å². The predicted octanol–water partition coefficient (Wildman–Crippen LogP) is 1.70. The molecule has 1 aromatic carbocycles. The van der Waals surface area contributed by atoms with Crippen LogP contribution < -0.4 is 5.32 Å². The highest BCUT2D eigenvalue weighted by Crippen LogP contribution is 2.41. The van der Waals surface area contributed by atoms with Crippen molar-refractivity contribution in [2.24, 2.45) is 0 Å². The zero-order chi connectivity index (χ0) is 9.71. The fraction of sp³-hybridized carbons (Fsp3) is 0.273. The first-order valence-corrected chi connectivity index (χ1v) is 4.75. The van der Waals surface area contributed by atoms with Crippen LogP contribution in [0.1, 0.15) is 34.7 Å². The van der Waals surface area contributed by atoms with Gasteiger partial charge in [0.15, 0.2) is 0 Å². The Morgan fingerprint density at radius 3 is 2.71 bits per heavy atom. The highest BCUT2D eigenvalue weighted by molar-refractivity contribution is 6.51. The summed E-state index contributed by atoms with van der Waals surface area (Å²) < 4.78 is 0. The molecular weight excluding hydrogens is 178 g/mol. The van der Waals surface area contributed by atoms with Gasteiger partial charge in [-0.1, -0.05) is 6.07 Å². The Labute approximate surface area is 81.1 Å². The van der Waals surface area contributed by atoms with Crippen molar-refractivity contribution < 1.29 is 9.59 Å². The highest BCUT2D eigenvalue weighted by atomic mass is 16.2. The molecule has 14 heavy (non-hydrogen) atoms. The minimum Gasteiger partial charge on any atom is -0.318 e. The Kier molecular flexibility index (Phi) is 1.35. The molecule has 70 valence electrons. The summed E-state index contributed by atoms with van der Waals surface area (Å²) in [6, 6.07) is 5.63. The molecule has 0 aromatic heterocycles. The van der Waals surface area contributed by atoms with Crippen molar-refractivity contribution in [1.29, 1.82) is 0 Å². The second-order valence-corrected chi connectivity index (χ2v) is 3.86. The minimum absolute atomic E-state index is 0.414. The molecule has 1 heterocycles. The molecule has 0 unspecified atom stereocenters. The molecule has 1 saturated carbocycles. The van der Waals surface area contributed by atoms with Crippen LogP contribution >= 0.6 is 0 Å². The topological polar surface area (TPSA) is 46.2 Å². The van der Waals surface area contributed by atoms with E-state index in [0.717, 1.165) is 0 Å². The molecule has 1 N–H and O–H groups in total. The van der Waals surface area contributed by atoms with Crippen LogP contribution in [0.25, 0.3) is 0 Å². The first-order valence-electron chi connectivity index (χ1n) is 4.75. The summed E-state index contributed by atoms with van der Waals surface area (Å²) in [4.78, 5) is 22.3. The summed E-state index contributed by atoms with van der Waals surface area (Å²) >= 11 is 0. The summed E-state index contributed by atoms with van der Waals surface area (Å²) in [7, 11) is 0. The molecule has 0 atom stereocenters. The van der Waals surface area contributed by atoms with Crippen LogP contribution in [-0.2, 0) is 4.79 Å². The lowest BCUT2D eigenvalue weighted by Crippen LogP contribution is -2.12. The summed E-state index contributed by atoms with van der Waals surface area (Å²) in [5, 5.41) is 2.58. The summed E-state index contributed by atoms with van der Waals surface area (Å²) in [6.07, 6.45) is 2.45. The van der Waals surface area contributed by atoms with E-state index < -0.39 is 11.7 Å². The summed E-state index contributed by atoms with van der Waals surface area (Å²) in [6.45, 7) is 0. The van der Waals surface area contributed by atoms with E-state index in [9.17, 15) is 9.59 Å². The SMILES string of the molecule is O=C1Nc2cc(C3CC3)ccc2C1=O. The van der Waals surface area contributed by atoms with Crippen molar-refractivity contribution >= 4 is 17.4 Å². The van der Waals surface area contributed by atoms with Gasteiger partial charge in [0.05, 0.1) is 11.3 Å². The lowest BCUT2D eigenvalue weighted by atomic mass is 10.1. The fourth-order valence-corrected chi connectivity index (χ4v) is 1.84. The van der Waals surface area contributed by atoms with Gasteiger partial charge >= 0.3 is 0 Å². The minimum atomic E-state index is -0.507. The van der Waals surface area contributed by atoms with E-state index >= 15 is 0 Å². The number of Topliss-reactive ketones (excluding diaryl/α,β-unsaturated/α-hetero) is 1. The van der Waals surface area contributed by atoms with Gasteiger partial charge in [0.25, 0.3) is 11.7 Å². The first-order chi connectivity index (χ1) is 6.75. The molecule has 3 nitrogen and oxygen atoms in total. The van der Waals surface area contributed by atoms with Crippen molar-refractivity contribution in [3.8, 4) is 0 Å². The second kappa shape index (κ2) is 2.44. The van der Waals surface area contributed by atoms with E-state index in [2.05, 4.69) is 5.32 Å². The van der Waals surface area contributed by atoms with Crippen molar-refractivity contribution in [2.75, 3.05) is 5.32 Å². The summed E-state index contributed by atoms with van der Waals surface area (Å²) in [5.74, 6) is -0.275. The monoisotopic (exact) mass is 187 g/mol. The number of hydrogen-bond donors (Lipinski definition) is 1. The predicted molar refractivity (Wildman–Crippen MR) is 51.4 cm³/mol. The van der Waals surface area contributed by atoms with Crippen molar-refractivity contribution in [1.82, 2.24) is 0 Å². The molecule has 0 radical (unpaired) electrons. The molecule has 1 aliphatic heterocycles. The van der Waals surface area contributed by atoms with Crippen LogP contribution in [0.4, 0.5) is 5.69 Å². The van der Waals surface area contributed by atoms with Gasteiger partial charge in [-0.3, -0.25) is 9.59 Å². The van der Waals surface area contributed by atoms with Gasteiger partial charge in [-0.25, -0.2) is 0 Å². The lowest BCUT2D eigenvalue weighted by molar-refractivity contribution is -0.112. The van der Waals surface area contributed by atoms with E-state index in [4.69, 9.17) is 0 Å². The van der Waals surface area contributed by atoms with Crippen LogP contribution in [0.15, 0.2) is 18.2 Å². The number of anilines is 1. The molecular formula is C11H9NO2. The third kappa shape index (κ3) is 0.985. The van der Waals surface area contributed by atoms with Gasteiger partial charge < -0.3 is 5.32 Å². The van der Waals surface area contributed by atoms with Crippen molar-refractivity contribution in [2.45, 2.75) is 18.8 Å². The van der Waals surface area contributed by atoms with E-state index in [1.54, 1.807) is 6.07 Å². The Balaban J connectivity index is 2.08. The smallest absolute Gasteiger partial charge is 0.296 e. The van der Waals surface area contributed by atoms with Crippen LogP contribution in [0, 0.1) is 0 Å². The maximum absolute atomic E-state index is 11.3. The van der Waals surface area contributed by atoms with Crippen LogP contribution in [-0.4, -0.2) is 11.7 Å². The molecule has 2 aliphatic rings. The molecule has 0 bridgehead atoms. The molecule has 1 aliphatic carbocycles. The van der Waals surface area contributed by atoms with Gasteiger partial charge in [0.1, 0.15) is 0 Å². The standard InChI is InChI=1S/C11H9NO2/c13-10-8-4-3-7(6-1-2-6)5-9(8)12-11(10)14/h3-6H,1-2H2,(H,12,13,14). The normalized spacial score (nSPS) is 19.4. The fourth-order valence-electron chi connectivity index (χ4n) is 1.84. The third-order valence-electron chi connectivity index (χ3n) is 2.79. The van der Waals surface area contributed by atoms with Crippen molar-refractivity contribution in [3.63, 3.8) is 0 Å². The number of hydrogen-bond acceptors (Lipinski definition) is 2. The zero-order valence-corrected chi connectivity index (χ0v) is 7.54. The van der Waals surface area contributed by atoms with E-state index in [0.29, 0.717) is 17.2 Å². The van der Waals surface area contributed by atoms with Crippen LogP contribution in [0.3, 0.4) is 0 Å². The molecule has 1 aromatic rings. The molecule has 1 fully saturated rings. The van der Waals surface area contributed by atoms with Gasteiger partial charge in [-0.15, -0.1) is 0 Å². The average molecular weight is 187 g/mol. The van der Waals surface area contributed by atoms with Gasteiger partial charge in [-0.2, -0.15) is 0 Å². The number of ketones is 1. The van der Waals surface area contributed by atoms with Gasteiger partial charge in [-0.05, 0) is 36.5 Å². The largest absolute Gasteiger partial charge is 0.318 e. The molecule has 1 amide bonds. The Morgan fingerprint density at radius 1 is 1.21 bits per heavy atom. The molecule has 3 heteroatoms. The third-order valence-corrected chi connectivity index (χ3v) is 2.79. The zero-order valence-electron chi connectivity index (χ0n) is 7.54. The van der Waals surface area contributed by atoms with Gasteiger partial charge in [0, 0.05) is 0 Å². The van der Waals surface area contributed by atoms with Crippen LogP contribution in [0.2, 0.25) is 0 Å². The number of benzene rings is 1. The number of rotatable bonds is 1. The van der Waals surface area contributed by atoms with E-state index in [1.807, 2.05) is 12.1 Å². The Morgan fingerprint density at radius 2 is 2.00 bits per heavy atom. The first kappa shape index (κ1) is 7.74. The highest BCUT2D eigenvalue weighted by Gasteiger charge is 2.30. The number of amides is 1. The Hall–Kier alpha value is -1.64. The maximum Gasteiger partial charge on any atom is 0.296 e. The average Bonchev–Trinajstić information content (AvgIpc) is 2.96. The van der Waals surface area contributed by atoms with Crippen molar-refractivity contribution in [3.05, 3.63) is 29.3 Å². The quantitative estimate of drug-likeness (QED) is 0.680. The number of nitrogens with one attached hydrogen (secondary N) is 1. The van der Waals surface area contributed by atoms with Gasteiger partial charge in [0.2, 0.25) is 0 Å². The maximum atomic E-state index is 11.3. The molecule has 0 spiro atoms.